The molecule has 3 aromatic rings. The Bertz CT molecular complexity index is 1140. The molecular formula is C24H25BrN2O3. The van der Waals surface area contributed by atoms with Crippen LogP contribution in [0.1, 0.15) is 49.3 Å². The second-order valence-electron chi connectivity index (χ2n) is 8.69. The predicted molar refractivity (Wildman–Crippen MR) is 121 cm³/mol. The van der Waals surface area contributed by atoms with E-state index in [2.05, 4.69) is 20.8 Å². The number of ketones is 1. The molecule has 0 saturated carbocycles. The van der Waals surface area contributed by atoms with Gasteiger partial charge in [0.05, 0.1) is 17.3 Å². The molecule has 30 heavy (non-hydrogen) atoms. The van der Waals surface area contributed by atoms with E-state index in [9.17, 15) is 9.59 Å². The zero-order valence-corrected chi connectivity index (χ0v) is 19.2. The van der Waals surface area contributed by atoms with E-state index in [1.165, 1.54) is 0 Å². The monoisotopic (exact) mass is 468 g/mol. The zero-order valence-electron chi connectivity index (χ0n) is 17.6. The van der Waals surface area contributed by atoms with Crippen LogP contribution >= 0.6 is 15.9 Å². The number of Topliss-reactive ketones (excluding diaryl/α,β-unsaturated/α-hetero) is 1. The molecule has 0 bridgehead atoms. The smallest absolute Gasteiger partial charge is 0.419 e. The van der Waals surface area contributed by atoms with Gasteiger partial charge in [0, 0.05) is 28.5 Å². The van der Waals surface area contributed by atoms with Crippen molar-refractivity contribution in [2.45, 2.75) is 52.4 Å². The van der Waals surface area contributed by atoms with Crippen LogP contribution in [0.25, 0.3) is 10.9 Å². The van der Waals surface area contributed by atoms with Crippen molar-refractivity contribution >= 4 is 38.7 Å². The molecule has 0 spiro atoms. The van der Waals surface area contributed by atoms with Gasteiger partial charge in [-0.2, -0.15) is 0 Å². The third kappa shape index (κ3) is 3.70. The molecule has 0 amide bonds. The van der Waals surface area contributed by atoms with Gasteiger partial charge in [-0.15, -0.1) is 0 Å². The van der Waals surface area contributed by atoms with Crippen molar-refractivity contribution in [2.24, 2.45) is 0 Å². The number of nitrogens with zero attached hydrogens (tertiary/aromatic N) is 2. The van der Waals surface area contributed by atoms with E-state index < -0.39 is 11.7 Å². The first kappa shape index (κ1) is 20.8. The number of benzene rings is 2. The van der Waals surface area contributed by atoms with Crippen LogP contribution in [0.5, 0.6) is 0 Å². The Kier molecular flexibility index (Phi) is 5.32. The van der Waals surface area contributed by atoms with Crippen molar-refractivity contribution in [3.63, 3.8) is 0 Å². The lowest BCUT2D eigenvalue weighted by Crippen LogP contribution is -2.43. The molecule has 0 N–H and O–H groups in total. The van der Waals surface area contributed by atoms with Crippen LogP contribution in [-0.4, -0.2) is 33.0 Å². The van der Waals surface area contributed by atoms with Gasteiger partial charge >= 0.3 is 6.09 Å². The van der Waals surface area contributed by atoms with E-state index in [-0.39, 0.29) is 11.8 Å². The second kappa shape index (κ2) is 7.67. The molecule has 0 fully saturated rings. The molecule has 0 unspecified atom stereocenters. The highest BCUT2D eigenvalue weighted by Crippen LogP contribution is 2.34. The van der Waals surface area contributed by atoms with Gasteiger partial charge in [0.1, 0.15) is 5.60 Å². The topological polar surface area (TPSA) is 51.5 Å². The minimum atomic E-state index is -0.629. The predicted octanol–water partition coefficient (Wildman–Crippen LogP) is 5.77. The Morgan fingerprint density at radius 3 is 2.50 bits per heavy atom. The van der Waals surface area contributed by atoms with Crippen molar-refractivity contribution in [1.82, 2.24) is 9.47 Å². The number of hydrogen-bond acceptors (Lipinski definition) is 4. The van der Waals surface area contributed by atoms with Gasteiger partial charge in [-0.25, -0.2) is 9.36 Å². The summed E-state index contributed by atoms with van der Waals surface area (Å²) in [4.78, 5) is 28.6. The van der Waals surface area contributed by atoms with E-state index in [1.807, 2.05) is 76.2 Å². The van der Waals surface area contributed by atoms with Gasteiger partial charge in [-0.05, 0) is 45.4 Å². The Hall–Kier alpha value is -2.44. The lowest BCUT2D eigenvalue weighted by Gasteiger charge is -2.33. The van der Waals surface area contributed by atoms with Crippen LogP contribution in [0.3, 0.4) is 0 Å². The van der Waals surface area contributed by atoms with Crippen molar-refractivity contribution in [2.75, 3.05) is 0 Å². The van der Waals surface area contributed by atoms with Gasteiger partial charge in [0.25, 0.3) is 0 Å². The average Bonchev–Trinajstić information content (AvgIpc) is 3.00. The molecule has 2 heterocycles. The standard InChI is InChI=1S/C24H25BrN2O3/c1-15-22(28)21-17-10-6-8-12-19(17)27(23(29)30-24(2,3)4)20(21)14-26(15)13-16-9-5-7-11-18(16)25/h5-12,15H,13-14H2,1-4H3/t15-/m0/s1. The van der Waals surface area contributed by atoms with Crippen LogP contribution in [0.15, 0.2) is 53.0 Å². The Morgan fingerprint density at radius 2 is 1.80 bits per heavy atom. The highest BCUT2D eigenvalue weighted by Gasteiger charge is 2.37. The van der Waals surface area contributed by atoms with Gasteiger partial charge in [0.15, 0.2) is 5.78 Å². The number of carbonyl (C=O) groups excluding carboxylic acids is 2. The third-order valence-corrected chi connectivity index (χ3v) is 6.18. The summed E-state index contributed by atoms with van der Waals surface area (Å²) in [5, 5.41) is 0.802. The lowest BCUT2D eigenvalue weighted by atomic mass is 9.95. The van der Waals surface area contributed by atoms with Crippen molar-refractivity contribution < 1.29 is 14.3 Å². The first-order valence-corrected chi connectivity index (χ1v) is 10.8. The Labute approximate surface area is 184 Å². The van der Waals surface area contributed by atoms with Gasteiger partial charge < -0.3 is 4.74 Å². The number of carbonyl (C=O) groups is 2. The largest absolute Gasteiger partial charge is 0.443 e. The quantitative estimate of drug-likeness (QED) is 0.478. The Balaban J connectivity index is 1.82. The van der Waals surface area contributed by atoms with Crippen LogP contribution in [-0.2, 0) is 17.8 Å². The van der Waals surface area contributed by atoms with E-state index >= 15 is 0 Å². The fourth-order valence-corrected chi connectivity index (χ4v) is 4.39. The minimum absolute atomic E-state index is 0.0295. The lowest BCUT2D eigenvalue weighted by molar-refractivity contribution is 0.0529. The molecule has 5 nitrogen and oxygen atoms in total. The van der Waals surface area contributed by atoms with Crippen LogP contribution < -0.4 is 0 Å². The van der Waals surface area contributed by atoms with Crippen molar-refractivity contribution in [3.05, 3.63) is 69.8 Å². The molecule has 2 aromatic carbocycles. The Morgan fingerprint density at radius 1 is 1.13 bits per heavy atom. The minimum Gasteiger partial charge on any atom is -0.443 e. The van der Waals surface area contributed by atoms with E-state index in [0.717, 1.165) is 15.4 Å². The maximum absolute atomic E-state index is 13.4. The normalized spacial score (nSPS) is 17.2. The summed E-state index contributed by atoms with van der Waals surface area (Å²) in [7, 11) is 0. The molecular weight excluding hydrogens is 444 g/mol. The van der Waals surface area contributed by atoms with Crippen molar-refractivity contribution in [1.29, 1.82) is 0 Å². The zero-order chi connectivity index (χ0) is 21.6. The van der Waals surface area contributed by atoms with E-state index in [0.29, 0.717) is 29.9 Å². The van der Waals surface area contributed by atoms with Gasteiger partial charge in [-0.3, -0.25) is 9.69 Å². The van der Waals surface area contributed by atoms with Crippen molar-refractivity contribution in [3.8, 4) is 0 Å². The molecule has 0 aliphatic carbocycles. The van der Waals surface area contributed by atoms with E-state index in [4.69, 9.17) is 4.74 Å². The summed E-state index contributed by atoms with van der Waals surface area (Å²) < 4.78 is 8.26. The summed E-state index contributed by atoms with van der Waals surface area (Å²) in [6.07, 6.45) is -0.455. The second-order valence-corrected chi connectivity index (χ2v) is 9.55. The average molecular weight is 469 g/mol. The number of para-hydroxylation sites is 1. The maximum atomic E-state index is 13.4. The summed E-state index contributed by atoms with van der Waals surface area (Å²) in [6, 6.07) is 15.2. The molecule has 1 aromatic heterocycles. The first-order chi connectivity index (χ1) is 14.2. The highest BCUT2D eigenvalue weighted by molar-refractivity contribution is 9.10. The van der Waals surface area contributed by atoms with Gasteiger partial charge in [-0.1, -0.05) is 52.3 Å². The van der Waals surface area contributed by atoms with E-state index in [1.54, 1.807) is 4.57 Å². The number of aromatic nitrogens is 1. The summed E-state index contributed by atoms with van der Waals surface area (Å²) in [5.74, 6) is 0.0295. The maximum Gasteiger partial charge on any atom is 0.419 e. The summed E-state index contributed by atoms with van der Waals surface area (Å²) in [6.45, 7) is 8.54. The fraction of sp³-hybridized carbons (Fsp3) is 0.333. The number of ether oxygens (including phenoxy) is 1. The molecule has 6 heteroatoms. The molecule has 1 aliphatic rings. The SMILES string of the molecule is C[C@H]1C(=O)c2c(n(C(=O)OC(C)(C)C)c3ccccc23)CN1Cc1ccccc1Br. The summed E-state index contributed by atoms with van der Waals surface area (Å²) >= 11 is 3.60. The number of hydrogen-bond donors (Lipinski definition) is 0. The molecule has 0 radical (unpaired) electrons. The first-order valence-electron chi connectivity index (χ1n) is 10.0. The molecule has 156 valence electrons. The molecule has 1 atom stereocenters. The fourth-order valence-electron chi connectivity index (χ4n) is 3.98. The number of rotatable bonds is 2. The molecule has 4 rings (SSSR count). The number of fused-ring (bicyclic) bond motifs is 3. The molecule has 0 saturated heterocycles. The highest BCUT2D eigenvalue weighted by atomic mass is 79.9. The van der Waals surface area contributed by atoms with Crippen LogP contribution in [0, 0.1) is 0 Å². The van der Waals surface area contributed by atoms with Crippen LogP contribution in [0.4, 0.5) is 4.79 Å². The van der Waals surface area contributed by atoms with Crippen LogP contribution in [0.2, 0.25) is 0 Å². The van der Waals surface area contributed by atoms with Gasteiger partial charge in [0.2, 0.25) is 0 Å². The third-order valence-electron chi connectivity index (χ3n) is 5.41. The molecule has 1 aliphatic heterocycles. The number of halogens is 1. The summed E-state index contributed by atoms with van der Waals surface area (Å²) in [5.41, 5.74) is 2.50.